The fourth-order valence-electron chi connectivity index (χ4n) is 4.82. The number of amides is 1. The molecule has 1 saturated carbocycles. The van der Waals surface area contributed by atoms with E-state index in [4.69, 9.17) is 4.52 Å². The third-order valence-corrected chi connectivity index (χ3v) is 6.33. The third kappa shape index (κ3) is 3.36. The summed E-state index contributed by atoms with van der Waals surface area (Å²) in [4.78, 5) is 30.7. The fraction of sp³-hybridized carbons (Fsp3) is 0.292. The number of aromatic nitrogens is 2. The highest BCUT2D eigenvalue weighted by Gasteiger charge is 2.49. The first-order valence-electron chi connectivity index (χ1n) is 10.6. The summed E-state index contributed by atoms with van der Waals surface area (Å²) in [7, 11) is 0. The molecule has 0 spiro atoms. The number of nitrogens with zero attached hydrogens (tertiary/aromatic N) is 2. The molecule has 2 aliphatic rings. The van der Waals surface area contributed by atoms with Crippen LogP contribution in [0.3, 0.4) is 0 Å². The molecule has 7 heteroatoms. The van der Waals surface area contributed by atoms with E-state index in [1.165, 1.54) is 6.26 Å². The van der Waals surface area contributed by atoms with E-state index in [1.54, 1.807) is 29.4 Å². The van der Waals surface area contributed by atoms with Crippen molar-refractivity contribution in [1.82, 2.24) is 10.1 Å². The Morgan fingerprint density at radius 1 is 1.06 bits per heavy atom. The van der Waals surface area contributed by atoms with Crippen molar-refractivity contribution >= 4 is 23.1 Å². The van der Waals surface area contributed by atoms with Crippen molar-refractivity contribution in [2.75, 3.05) is 4.90 Å². The van der Waals surface area contributed by atoms with Crippen LogP contribution in [-0.4, -0.2) is 33.0 Å². The van der Waals surface area contributed by atoms with Crippen molar-refractivity contribution in [2.45, 2.75) is 38.1 Å². The zero-order valence-corrected chi connectivity index (χ0v) is 17.0. The van der Waals surface area contributed by atoms with E-state index in [2.05, 4.69) is 10.1 Å². The van der Waals surface area contributed by atoms with Crippen LogP contribution in [0.5, 0.6) is 0 Å². The number of ketones is 1. The zero-order chi connectivity index (χ0) is 21.4. The number of rotatable bonds is 4. The Labute approximate surface area is 179 Å². The molecule has 2 N–H and O–H groups in total. The van der Waals surface area contributed by atoms with E-state index < -0.39 is 17.7 Å². The summed E-state index contributed by atoms with van der Waals surface area (Å²) in [6.07, 6.45) is 9.93. The number of hydrogen-bond donors (Lipinski definition) is 2. The van der Waals surface area contributed by atoms with Crippen LogP contribution >= 0.6 is 0 Å². The second kappa shape index (κ2) is 7.91. The number of Topliss-reactive ketones (excluding diaryl/α,β-unsaturated/α-hetero) is 1. The third-order valence-electron chi connectivity index (χ3n) is 6.33. The number of H-pyrrole nitrogens is 1. The Kier molecular flexibility index (Phi) is 4.94. The molecule has 1 aliphatic carbocycles. The van der Waals surface area contributed by atoms with E-state index in [1.807, 2.05) is 24.3 Å². The van der Waals surface area contributed by atoms with Gasteiger partial charge in [-0.2, -0.15) is 0 Å². The lowest BCUT2D eigenvalue weighted by Crippen LogP contribution is -2.40. The highest BCUT2D eigenvalue weighted by atomic mass is 16.5. The molecule has 7 nitrogen and oxygen atoms in total. The van der Waals surface area contributed by atoms with Crippen molar-refractivity contribution in [2.24, 2.45) is 5.92 Å². The smallest absolute Gasteiger partial charge is 0.299 e. The summed E-state index contributed by atoms with van der Waals surface area (Å²) in [6, 6.07) is 10.3. The van der Waals surface area contributed by atoms with Gasteiger partial charge in [-0.15, -0.1) is 0 Å². The van der Waals surface area contributed by atoms with Crippen LogP contribution in [0.1, 0.15) is 37.7 Å². The van der Waals surface area contributed by atoms with Crippen LogP contribution < -0.4 is 4.90 Å². The maximum absolute atomic E-state index is 13.2. The average molecular weight is 417 g/mol. The summed E-state index contributed by atoms with van der Waals surface area (Å²) >= 11 is 0. The maximum Gasteiger partial charge on any atom is 0.299 e. The van der Waals surface area contributed by atoms with E-state index in [0.29, 0.717) is 16.9 Å². The van der Waals surface area contributed by atoms with E-state index in [-0.39, 0.29) is 17.3 Å². The molecule has 0 bridgehead atoms. The van der Waals surface area contributed by atoms with Crippen LogP contribution in [0.25, 0.3) is 17.0 Å². The Bertz CT molecular complexity index is 1110. The zero-order valence-electron chi connectivity index (χ0n) is 17.0. The number of benzene rings is 1. The lowest BCUT2D eigenvalue weighted by molar-refractivity contribution is -0.132. The van der Waals surface area contributed by atoms with Gasteiger partial charge in [0, 0.05) is 35.3 Å². The Morgan fingerprint density at radius 2 is 1.84 bits per heavy atom. The molecule has 1 saturated heterocycles. The molecule has 1 aliphatic heterocycles. The molecule has 3 heterocycles. The number of aliphatic hydroxyl groups excluding tert-OH is 1. The number of aliphatic hydroxyl groups is 1. The van der Waals surface area contributed by atoms with Gasteiger partial charge >= 0.3 is 0 Å². The summed E-state index contributed by atoms with van der Waals surface area (Å²) in [5, 5.41) is 14.9. The summed E-state index contributed by atoms with van der Waals surface area (Å²) < 4.78 is 4.91. The first-order valence-corrected chi connectivity index (χ1v) is 10.6. The van der Waals surface area contributed by atoms with Gasteiger partial charge in [0.15, 0.2) is 0 Å². The second-order valence-corrected chi connectivity index (χ2v) is 8.14. The van der Waals surface area contributed by atoms with E-state index >= 15 is 0 Å². The molecular formula is C24H23N3O4. The lowest BCUT2D eigenvalue weighted by Gasteiger charge is -2.34. The summed E-state index contributed by atoms with van der Waals surface area (Å²) in [5.74, 6) is -1.22. The van der Waals surface area contributed by atoms with Crippen LogP contribution in [0, 0.1) is 5.92 Å². The first-order chi connectivity index (χ1) is 15.1. The molecule has 5 rings (SSSR count). The highest BCUT2D eigenvalue weighted by Crippen LogP contribution is 2.41. The standard InChI is InChI=1S/C24H23N3O4/c28-22(17-10-12-25-14-17)20-21(16-4-2-1-3-5-16)27(24(30)23(20)29)18-8-6-15(7-9-18)19-11-13-31-26-19/h6-14,16,21,25,28H,1-5H2/b22-20+. The molecule has 2 aromatic heterocycles. The van der Waals surface area contributed by atoms with Crippen LogP contribution in [0.15, 0.2) is 65.2 Å². The van der Waals surface area contributed by atoms with Crippen LogP contribution in [0.2, 0.25) is 0 Å². The minimum absolute atomic E-state index is 0.114. The highest BCUT2D eigenvalue weighted by molar-refractivity contribution is 6.51. The number of aromatic amines is 1. The summed E-state index contributed by atoms with van der Waals surface area (Å²) in [6.45, 7) is 0. The minimum Gasteiger partial charge on any atom is -0.507 e. The van der Waals surface area contributed by atoms with Crippen LogP contribution in [-0.2, 0) is 9.59 Å². The van der Waals surface area contributed by atoms with Gasteiger partial charge in [0.1, 0.15) is 17.7 Å². The van der Waals surface area contributed by atoms with Gasteiger partial charge < -0.3 is 14.6 Å². The van der Waals surface area contributed by atoms with Crippen molar-refractivity contribution in [1.29, 1.82) is 0 Å². The predicted molar refractivity (Wildman–Crippen MR) is 115 cm³/mol. The number of nitrogens with one attached hydrogen (secondary N) is 1. The maximum atomic E-state index is 13.2. The normalized spacial score (nSPS) is 21.7. The number of carbonyl (C=O) groups excluding carboxylic acids is 2. The average Bonchev–Trinajstić information content (AvgIpc) is 3.57. The number of carbonyl (C=O) groups is 2. The van der Waals surface area contributed by atoms with Crippen molar-refractivity contribution in [3.63, 3.8) is 0 Å². The van der Waals surface area contributed by atoms with Gasteiger partial charge in [0.2, 0.25) is 0 Å². The molecule has 158 valence electrons. The van der Waals surface area contributed by atoms with E-state index in [9.17, 15) is 14.7 Å². The minimum atomic E-state index is -0.630. The number of anilines is 1. The van der Waals surface area contributed by atoms with Gasteiger partial charge in [-0.25, -0.2) is 0 Å². The van der Waals surface area contributed by atoms with Gasteiger partial charge in [0.05, 0.1) is 11.6 Å². The molecule has 3 aromatic rings. The van der Waals surface area contributed by atoms with Gasteiger partial charge in [-0.05, 0) is 37.0 Å². The Balaban J connectivity index is 1.58. The molecule has 1 amide bonds. The topological polar surface area (TPSA) is 99.4 Å². The monoisotopic (exact) mass is 417 g/mol. The van der Waals surface area contributed by atoms with Crippen LogP contribution in [0.4, 0.5) is 5.69 Å². The quantitative estimate of drug-likeness (QED) is 0.370. The molecule has 0 radical (unpaired) electrons. The SMILES string of the molecule is O=C1C(=O)N(c2ccc(-c3ccon3)cc2)C(C2CCCCC2)/C1=C(\O)c1cc[nH]c1. The second-order valence-electron chi connectivity index (χ2n) is 8.14. The molecule has 1 unspecified atom stereocenters. The molecule has 1 atom stereocenters. The van der Waals surface area contributed by atoms with E-state index in [0.717, 1.165) is 37.7 Å². The van der Waals surface area contributed by atoms with Crippen molar-refractivity contribution < 1.29 is 19.2 Å². The van der Waals surface area contributed by atoms with Crippen molar-refractivity contribution in [3.05, 3.63) is 66.2 Å². The lowest BCUT2D eigenvalue weighted by atomic mass is 9.80. The molecular weight excluding hydrogens is 394 g/mol. The Hall–Kier alpha value is -3.61. The van der Waals surface area contributed by atoms with Crippen molar-refractivity contribution in [3.8, 4) is 11.3 Å². The number of hydrogen-bond acceptors (Lipinski definition) is 5. The first kappa shape index (κ1) is 19.4. The largest absolute Gasteiger partial charge is 0.507 e. The predicted octanol–water partition coefficient (Wildman–Crippen LogP) is 4.50. The van der Waals surface area contributed by atoms with Gasteiger partial charge in [-0.1, -0.05) is 36.6 Å². The van der Waals surface area contributed by atoms with Gasteiger partial charge in [0.25, 0.3) is 11.7 Å². The molecule has 2 fully saturated rings. The summed E-state index contributed by atoms with van der Waals surface area (Å²) in [5.41, 5.74) is 2.91. The molecule has 1 aromatic carbocycles. The fourth-order valence-corrected chi connectivity index (χ4v) is 4.82. The van der Waals surface area contributed by atoms with Gasteiger partial charge in [-0.3, -0.25) is 14.5 Å². The molecule has 31 heavy (non-hydrogen) atoms. The Morgan fingerprint density at radius 3 is 2.48 bits per heavy atom.